The van der Waals surface area contributed by atoms with Crippen LogP contribution in [-0.2, 0) is 0 Å². The van der Waals surface area contributed by atoms with Crippen molar-refractivity contribution in [3.05, 3.63) is 35.6 Å². The van der Waals surface area contributed by atoms with Crippen LogP contribution in [0.2, 0.25) is 5.02 Å². The molecule has 1 aromatic carbocycles. The number of aromatic nitrogens is 4. The first-order valence-corrected chi connectivity index (χ1v) is 11.6. The van der Waals surface area contributed by atoms with Gasteiger partial charge in [-0.05, 0) is 50.7 Å². The van der Waals surface area contributed by atoms with Gasteiger partial charge in [0.25, 0.3) is 0 Å². The minimum absolute atomic E-state index is 0. The van der Waals surface area contributed by atoms with Crippen LogP contribution >= 0.6 is 36.4 Å². The SMILES string of the molecule is Cl.Cl.NC1CCC(Nc2nc(NNc3ccccc3Cl)c3ncn(C4CCCC4)c3n2)CC1. The average Bonchev–Trinajstić information content (AvgIpc) is 3.44. The summed E-state index contributed by atoms with van der Waals surface area (Å²) < 4.78 is 2.21. The van der Waals surface area contributed by atoms with Crippen LogP contribution in [0.4, 0.5) is 17.5 Å². The first-order chi connectivity index (χ1) is 15.2. The van der Waals surface area contributed by atoms with E-state index < -0.39 is 0 Å². The Balaban J connectivity index is 0.00000153. The van der Waals surface area contributed by atoms with E-state index >= 15 is 0 Å². The van der Waals surface area contributed by atoms with Gasteiger partial charge in [-0.1, -0.05) is 36.6 Å². The molecule has 33 heavy (non-hydrogen) atoms. The van der Waals surface area contributed by atoms with Gasteiger partial charge in [-0.25, -0.2) is 4.98 Å². The van der Waals surface area contributed by atoms with E-state index in [0.717, 1.165) is 42.5 Å². The zero-order chi connectivity index (χ0) is 21.2. The summed E-state index contributed by atoms with van der Waals surface area (Å²) >= 11 is 6.29. The molecule has 2 heterocycles. The molecule has 0 saturated heterocycles. The summed E-state index contributed by atoms with van der Waals surface area (Å²) in [6, 6.07) is 8.68. The van der Waals surface area contributed by atoms with Crippen LogP contribution in [-0.4, -0.2) is 31.6 Å². The van der Waals surface area contributed by atoms with E-state index in [1.54, 1.807) is 0 Å². The molecule has 2 aliphatic rings. The Morgan fingerprint density at radius 1 is 0.939 bits per heavy atom. The van der Waals surface area contributed by atoms with Crippen molar-refractivity contribution in [1.29, 1.82) is 0 Å². The van der Waals surface area contributed by atoms with Crippen LogP contribution in [0.15, 0.2) is 30.6 Å². The molecule has 11 heteroatoms. The van der Waals surface area contributed by atoms with Crippen LogP contribution in [0.25, 0.3) is 11.2 Å². The van der Waals surface area contributed by atoms with E-state index in [-0.39, 0.29) is 24.8 Å². The van der Waals surface area contributed by atoms with Crippen LogP contribution in [0.5, 0.6) is 0 Å². The van der Waals surface area contributed by atoms with Gasteiger partial charge in [0.05, 0.1) is 17.0 Å². The number of nitrogens with one attached hydrogen (secondary N) is 3. The number of rotatable bonds is 6. The normalized spacial score (nSPS) is 20.7. The molecule has 180 valence electrons. The molecule has 3 aromatic rings. The number of nitrogens with zero attached hydrogens (tertiary/aromatic N) is 4. The highest BCUT2D eigenvalue weighted by Crippen LogP contribution is 2.33. The Morgan fingerprint density at radius 2 is 1.67 bits per heavy atom. The van der Waals surface area contributed by atoms with Crippen molar-refractivity contribution in [2.45, 2.75) is 69.5 Å². The second kappa shape index (κ2) is 11.4. The number of benzene rings is 1. The molecule has 0 spiro atoms. The molecule has 2 saturated carbocycles. The van der Waals surface area contributed by atoms with E-state index in [2.05, 4.69) is 25.7 Å². The van der Waals surface area contributed by atoms with Gasteiger partial charge in [0.2, 0.25) is 5.95 Å². The van der Waals surface area contributed by atoms with Crippen molar-refractivity contribution in [2.24, 2.45) is 5.73 Å². The lowest BCUT2D eigenvalue weighted by atomic mass is 9.92. The van der Waals surface area contributed by atoms with Gasteiger partial charge in [0.1, 0.15) is 0 Å². The minimum Gasteiger partial charge on any atom is -0.351 e. The third-order valence-electron chi connectivity index (χ3n) is 6.43. The Bertz CT molecular complexity index is 1050. The highest BCUT2D eigenvalue weighted by molar-refractivity contribution is 6.33. The van der Waals surface area contributed by atoms with E-state index in [9.17, 15) is 0 Å². The maximum absolute atomic E-state index is 6.29. The monoisotopic (exact) mass is 512 g/mol. The Morgan fingerprint density at radius 3 is 2.39 bits per heavy atom. The molecule has 2 aliphatic carbocycles. The third kappa shape index (κ3) is 5.74. The summed E-state index contributed by atoms with van der Waals surface area (Å²) in [5.41, 5.74) is 14.8. The quantitative estimate of drug-likeness (QED) is 0.320. The van der Waals surface area contributed by atoms with E-state index in [4.69, 9.17) is 27.3 Å². The predicted molar refractivity (Wildman–Crippen MR) is 140 cm³/mol. The molecule has 2 fully saturated rings. The Labute approximate surface area is 211 Å². The van der Waals surface area contributed by atoms with Gasteiger partial charge in [0.15, 0.2) is 17.0 Å². The topological polar surface area (TPSA) is 106 Å². The summed E-state index contributed by atoms with van der Waals surface area (Å²) in [6.45, 7) is 0. The smallest absolute Gasteiger partial charge is 0.227 e. The third-order valence-corrected chi connectivity index (χ3v) is 6.76. The fraction of sp³-hybridized carbons (Fsp3) is 0.500. The van der Waals surface area contributed by atoms with Crippen molar-refractivity contribution in [2.75, 3.05) is 16.2 Å². The van der Waals surface area contributed by atoms with Crippen LogP contribution < -0.4 is 21.9 Å². The van der Waals surface area contributed by atoms with Gasteiger partial charge in [-0.2, -0.15) is 9.97 Å². The number of hydrogen-bond acceptors (Lipinski definition) is 7. The summed E-state index contributed by atoms with van der Waals surface area (Å²) in [5.74, 6) is 1.26. The number of anilines is 3. The second-order valence-electron chi connectivity index (χ2n) is 8.64. The Kier molecular flexibility index (Phi) is 8.87. The molecular formula is C22H31Cl3N8. The summed E-state index contributed by atoms with van der Waals surface area (Å²) in [7, 11) is 0. The molecule has 0 bridgehead atoms. The summed E-state index contributed by atoms with van der Waals surface area (Å²) in [6.07, 6.45) is 10.9. The van der Waals surface area contributed by atoms with E-state index in [1.807, 2.05) is 30.6 Å². The van der Waals surface area contributed by atoms with Crippen molar-refractivity contribution in [3.8, 4) is 0 Å². The molecule has 0 radical (unpaired) electrons. The van der Waals surface area contributed by atoms with Crippen molar-refractivity contribution >= 4 is 65.0 Å². The number of hydrogen-bond donors (Lipinski definition) is 4. The molecule has 0 aliphatic heterocycles. The molecule has 8 nitrogen and oxygen atoms in total. The lowest BCUT2D eigenvalue weighted by Crippen LogP contribution is -2.33. The lowest BCUT2D eigenvalue weighted by Gasteiger charge is -2.27. The molecule has 2 aromatic heterocycles. The maximum atomic E-state index is 6.29. The maximum Gasteiger partial charge on any atom is 0.227 e. The molecule has 0 unspecified atom stereocenters. The zero-order valence-electron chi connectivity index (χ0n) is 18.3. The van der Waals surface area contributed by atoms with Crippen molar-refractivity contribution < 1.29 is 0 Å². The highest BCUT2D eigenvalue weighted by atomic mass is 35.5. The first-order valence-electron chi connectivity index (χ1n) is 11.2. The molecule has 5 N–H and O–H groups in total. The van der Waals surface area contributed by atoms with Crippen LogP contribution in [0.3, 0.4) is 0 Å². The molecular weight excluding hydrogens is 483 g/mol. The van der Waals surface area contributed by atoms with Gasteiger partial charge < -0.3 is 15.6 Å². The zero-order valence-corrected chi connectivity index (χ0v) is 20.7. The number of nitrogens with two attached hydrogens (primary N) is 1. The van der Waals surface area contributed by atoms with Crippen LogP contribution in [0.1, 0.15) is 57.4 Å². The second-order valence-corrected chi connectivity index (χ2v) is 9.05. The van der Waals surface area contributed by atoms with Gasteiger partial charge in [0, 0.05) is 18.1 Å². The number of para-hydroxylation sites is 1. The summed E-state index contributed by atoms with van der Waals surface area (Å²) in [4.78, 5) is 14.3. The molecule has 0 atom stereocenters. The van der Waals surface area contributed by atoms with Crippen molar-refractivity contribution in [1.82, 2.24) is 19.5 Å². The van der Waals surface area contributed by atoms with E-state index in [0.29, 0.717) is 34.9 Å². The fourth-order valence-corrected chi connectivity index (χ4v) is 4.84. The minimum atomic E-state index is 0. The number of imidazole rings is 1. The summed E-state index contributed by atoms with van der Waals surface area (Å²) in [5, 5.41) is 4.17. The number of halogens is 3. The van der Waals surface area contributed by atoms with Gasteiger partial charge >= 0.3 is 0 Å². The van der Waals surface area contributed by atoms with Gasteiger partial charge in [-0.15, -0.1) is 24.8 Å². The number of fused-ring (bicyclic) bond motifs is 1. The molecule has 0 amide bonds. The lowest BCUT2D eigenvalue weighted by molar-refractivity contribution is 0.410. The first kappa shape index (κ1) is 25.6. The van der Waals surface area contributed by atoms with Gasteiger partial charge in [-0.3, -0.25) is 10.9 Å². The standard InChI is InChI=1S/C22H29ClN8.2ClH/c23-17-7-3-4-8-18(17)29-30-20-19-21(31(13-25-19)16-5-1-2-6-16)28-22(27-20)26-15-11-9-14(24)10-12-15;;/h3-4,7-8,13-16,29H,1-2,5-6,9-12,24H2,(H2,26,27,28,30);2*1H. The number of hydrazine groups is 1. The van der Waals surface area contributed by atoms with E-state index in [1.165, 1.54) is 25.7 Å². The fourth-order valence-electron chi connectivity index (χ4n) is 4.65. The molecule has 5 rings (SSSR count). The highest BCUT2D eigenvalue weighted by Gasteiger charge is 2.24. The van der Waals surface area contributed by atoms with Crippen LogP contribution in [0, 0.1) is 0 Å². The average molecular weight is 514 g/mol. The Hall–Kier alpha value is -2.00. The predicted octanol–water partition coefficient (Wildman–Crippen LogP) is 5.56. The van der Waals surface area contributed by atoms with Crippen molar-refractivity contribution in [3.63, 3.8) is 0 Å². The largest absolute Gasteiger partial charge is 0.351 e.